The molecule has 0 fully saturated rings. The summed E-state index contributed by atoms with van der Waals surface area (Å²) in [5, 5.41) is 11.1. The molecule has 0 unspecified atom stereocenters. The summed E-state index contributed by atoms with van der Waals surface area (Å²) >= 11 is 6.69. The molecular formula is C12H15ClN2O5S. The van der Waals surface area contributed by atoms with Gasteiger partial charge in [0.25, 0.3) is 0 Å². The smallest absolute Gasteiger partial charge is 0.347 e. The Morgan fingerprint density at radius 2 is 2.19 bits per heavy atom. The highest BCUT2D eigenvalue weighted by atomic mass is 35.5. The highest BCUT2D eigenvalue weighted by molar-refractivity contribution is 7.99. The Hall–Kier alpha value is -1.54. The molecule has 7 nitrogen and oxygen atoms in total. The van der Waals surface area contributed by atoms with E-state index in [0.29, 0.717) is 17.0 Å². The number of esters is 1. The van der Waals surface area contributed by atoms with Crippen molar-refractivity contribution >= 4 is 35.0 Å². The second kappa shape index (κ2) is 8.04. The normalized spacial score (nSPS) is 10.4. The minimum absolute atomic E-state index is 0.137. The van der Waals surface area contributed by atoms with Gasteiger partial charge in [-0.2, -0.15) is 0 Å². The fourth-order valence-electron chi connectivity index (χ4n) is 1.75. The minimum atomic E-state index is -0.790. The van der Waals surface area contributed by atoms with Gasteiger partial charge in [0.1, 0.15) is 0 Å². The van der Waals surface area contributed by atoms with Gasteiger partial charge in [-0.25, -0.2) is 0 Å². The first kappa shape index (κ1) is 17.5. The number of nitrogens with one attached hydrogen (secondary N) is 1. The first-order valence-electron chi connectivity index (χ1n) is 6.16. The van der Waals surface area contributed by atoms with Crippen LogP contribution in [0.1, 0.15) is 18.2 Å². The van der Waals surface area contributed by atoms with Gasteiger partial charge < -0.3 is 9.72 Å². The fourth-order valence-corrected chi connectivity index (χ4v) is 2.97. The molecule has 0 amide bonds. The number of halogens is 1. The molecule has 1 aromatic heterocycles. The molecule has 0 saturated carbocycles. The maximum atomic E-state index is 11.8. The van der Waals surface area contributed by atoms with Crippen molar-refractivity contribution in [1.82, 2.24) is 4.98 Å². The zero-order valence-corrected chi connectivity index (χ0v) is 13.2. The average molecular weight is 335 g/mol. The van der Waals surface area contributed by atoms with E-state index >= 15 is 0 Å². The second-order valence-electron chi connectivity index (χ2n) is 4.01. The van der Waals surface area contributed by atoms with Crippen LogP contribution in [-0.4, -0.2) is 34.1 Å². The van der Waals surface area contributed by atoms with E-state index in [2.05, 4.69) is 4.98 Å². The third-order valence-electron chi connectivity index (χ3n) is 2.59. The van der Waals surface area contributed by atoms with E-state index in [9.17, 15) is 19.7 Å². The molecule has 1 heterocycles. The Morgan fingerprint density at radius 1 is 1.52 bits per heavy atom. The molecule has 116 valence electrons. The summed E-state index contributed by atoms with van der Waals surface area (Å²) < 4.78 is 4.85. The summed E-state index contributed by atoms with van der Waals surface area (Å²) in [7, 11) is 0. The number of H-pyrrole nitrogens is 1. The number of carbonyl (C=O) groups excluding carboxylic acids is 1. The van der Waals surface area contributed by atoms with Crippen molar-refractivity contribution in [3.05, 3.63) is 31.7 Å². The SMILES string of the molecule is CCOC(=O)Cc1c(C)[nH]c(=O)c([N+](=O)[O-])c1SCCCl. The van der Waals surface area contributed by atoms with Crippen molar-refractivity contribution in [3.8, 4) is 0 Å². The number of aryl methyl sites for hydroxylation is 1. The van der Waals surface area contributed by atoms with E-state index in [1.807, 2.05) is 0 Å². The molecule has 0 spiro atoms. The number of alkyl halides is 1. The van der Waals surface area contributed by atoms with Crippen molar-refractivity contribution in [1.29, 1.82) is 0 Å². The molecule has 0 aromatic carbocycles. The number of rotatable bonds is 7. The number of aromatic amines is 1. The lowest BCUT2D eigenvalue weighted by Gasteiger charge is -2.11. The molecule has 0 aliphatic rings. The third-order valence-corrected chi connectivity index (χ3v) is 4.14. The van der Waals surface area contributed by atoms with E-state index in [-0.39, 0.29) is 23.8 Å². The zero-order chi connectivity index (χ0) is 16.0. The molecule has 0 bridgehead atoms. The van der Waals surface area contributed by atoms with Gasteiger partial charge in [-0.05, 0) is 13.8 Å². The largest absolute Gasteiger partial charge is 0.466 e. The van der Waals surface area contributed by atoms with Crippen molar-refractivity contribution in [3.63, 3.8) is 0 Å². The van der Waals surface area contributed by atoms with Crippen molar-refractivity contribution in [2.75, 3.05) is 18.2 Å². The Labute approximate surface area is 130 Å². The number of nitro groups is 1. The van der Waals surface area contributed by atoms with Crippen LogP contribution in [0.3, 0.4) is 0 Å². The number of hydrogen-bond acceptors (Lipinski definition) is 6. The minimum Gasteiger partial charge on any atom is -0.466 e. The number of carbonyl (C=O) groups is 1. The van der Waals surface area contributed by atoms with Crippen LogP contribution in [0.2, 0.25) is 0 Å². The lowest BCUT2D eigenvalue weighted by atomic mass is 10.1. The van der Waals surface area contributed by atoms with Crippen LogP contribution in [0.25, 0.3) is 0 Å². The monoisotopic (exact) mass is 334 g/mol. The van der Waals surface area contributed by atoms with Gasteiger partial charge in [-0.3, -0.25) is 19.7 Å². The van der Waals surface area contributed by atoms with Crippen molar-refractivity contribution < 1.29 is 14.5 Å². The lowest BCUT2D eigenvalue weighted by Crippen LogP contribution is -2.19. The van der Waals surface area contributed by atoms with Crippen LogP contribution in [0.15, 0.2) is 9.69 Å². The number of hydrogen-bond donors (Lipinski definition) is 1. The molecule has 0 saturated heterocycles. The van der Waals surface area contributed by atoms with Crippen LogP contribution in [-0.2, 0) is 16.0 Å². The number of ether oxygens (including phenoxy) is 1. The summed E-state index contributed by atoms with van der Waals surface area (Å²) in [4.78, 5) is 36.3. The summed E-state index contributed by atoms with van der Waals surface area (Å²) in [5.74, 6) is 0.155. The third kappa shape index (κ3) is 4.47. The van der Waals surface area contributed by atoms with Crippen molar-refractivity contribution in [2.24, 2.45) is 0 Å². The summed E-state index contributed by atoms with van der Waals surface area (Å²) in [6.45, 7) is 3.47. The molecule has 0 radical (unpaired) electrons. The van der Waals surface area contributed by atoms with Gasteiger partial charge >= 0.3 is 17.2 Å². The molecule has 1 N–H and O–H groups in total. The van der Waals surface area contributed by atoms with Gasteiger partial charge in [0.15, 0.2) is 0 Å². The predicted octanol–water partition coefficient (Wildman–Crippen LogP) is 2.03. The highest BCUT2D eigenvalue weighted by Gasteiger charge is 2.26. The molecule has 1 aromatic rings. The van der Waals surface area contributed by atoms with Gasteiger partial charge in [0.05, 0.1) is 22.8 Å². The molecule has 0 atom stereocenters. The molecule has 0 aliphatic heterocycles. The Balaban J connectivity index is 3.38. The fraction of sp³-hybridized carbons (Fsp3) is 0.500. The second-order valence-corrected chi connectivity index (χ2v) is 5.49. The number of aromatic nitrogens is 1. The van der Waals surface area contributed by atoms with Gasteiger partial charge in [0.2, 0.25) is 0 Å². The van der Waals surface area contributed by atoms with Crippen LogP contribution in [0, 0.1) is 17.0 Å². The van der Waals surface area contributed by atoms with Gasteiger partial charge in [-0.15, -0.1) is 23.4 Å². The van der Waals surface area contributed by atoms with Crippen LogP contribution in [0.5, 0.6) is 0 Å². The topological polar surface area (TPSA) is 102 Å². The number of nitrogens with zero attached hydrogens (tertiary/aromatic N) is 1. The van der Waals surface area contributed by atoms with Crippen LogP contribution in [0.4, 0.5) is 5.69 Å². The predicted molar refractivity (Wildman–Crippen MR) is 80.2 cm³/mol. The maximum Gasteiger partial charge on any atom is 0.347 e. The summed E-state index contributed by atoms with van der Waals surface area (Å²) in [5.41, 5.74) is -0.539. The Kier molecular flexibility index (Phi) is 6.70. The summed E-state index contributed by atoms with van der Waals surface area (Å²) in [6.07, 6.45) is -0.137. The van der Waals surface area contributed by atoms with Gasteiger partial charge in [0, 0.05) is 22.9 Å². The van der Waals surface area contributed by atoms with Crippen LogP contribution < -0.4 is 5.56 Å². The highest BCUT2D eigenvalue weighted by Crippen LogP contribution is 2.31. The van der Waals surface area contributed by atoms with Crippen LogP contribution >= 0.6 is 23.4 Å². The number of thioether (sulfide) groups is 1. The first-order chi connectivity index (χ1) is 9.92. The lowest BCUT2D eigenvalue weighted by molar-refractivity contribution is -0.389. The Bertz CT molecular complexity index is 602. The standard InChI is InChI=1S/C12H15ClN2O5S/c1-3-20-9(16)6-8-7(2)14-12(17)10(15(18)19)11(8)21-5-4-13/h3-6H2,1-2H3,(H,14,17). The van der Waals surface area contributed by atoms with E-state index in [0.717, 1.165) is 11.8 Å². The summed E-state index contributed by atoms with van der Waals surface area (Å²) in [6, 6.07) is 0. The first-order valence-corrected chi connectivity index (χ1v) is 7.68. The average Bonchev–Trinajstić information content (AvgIpc) is 2.39. The molecule has 0 aliphatic carbocycles. The van der Waals surface area contributed by atoms with E-state index in [4.69, 9.17) is 16.3 Å². The van der Waals surface area contributed by atoms with E-state index < -0.39 is 22.1 Å². The molecular weight excluding hydrogens is 320 g/mol. The zero-order valence-electron chi connectivity index (χ0n) is 11.6. The number of pyridine rings is 1. The van der Waals surface area contributed by atoms with Crippen molar-refractivity contribution in [2.45, 2.75) is 25.2 Å². The quantitative estimate of drug-likeness (QED) is 0.269. The molecule has 1 rings (SSSR count). The Morgan fingerprint density at radius 3 is 2.71 bits per heavy atom. The van der Waals surface area contributed by atoms with Gasteiger partial charge in [-0.1, -0.05) is 0 Å². The molecule has 21 heavy (non-hydrogen) atoms. The van der Waals surface area contributed by atoms with E-state index in [1.54, 1.807) is 13.8 Å². The maximum absolute atomic E-state index is 11.8. The molecule has 9 heteroatoms. The van der Waals surface area contributed by atoms with E-state index in [1.165, 1.54) is 0 Å².